The fourth-order valence-corrected chi connectivity index (χ4v) is 3.29. The molecule has 5 nitrogen and oxygen atoms in total. The first kappa shape index (κ1) is 10.9. The highest BCUT2D eigenvalue weighted by Gasteiger charge is 2.18. The van der Waals surface area contributed by atoms with Crippen molar-refractivity contribution >= 4 is 27.5 Å². The van der Waals surface area contributed by atoms with Crippen LogP contribution in [0.3, 0.4) is 0 Å². The Kier molecular flexibility index (Phi) is 2.48. The Labute approximate surface area is 114 Å². The first-order valence-corrected chi connectivity index (χ1v) is 7.25. The van der Waals surface area contributed by atoms with Gasteiger partial charge in [0.05, 0.1) is 10.2 Å². The molecule has 0 saturated carbocycles. The number of aromatic amines is 1. The van der Waals surface area contributed by atoms with Crippen LogP contribution in [0.4, 0.5) is 5.95 Å². The highest BCUT2D eigenvalue weighted by atomic mass is 32.1. The van der Waals surface area contributed by atoms with Crippen LogP contribution in [-0.4, -0.2) is 33.3 Å². The third-order valence-corrected chi connectivity index (χ3v) is 4.40. The standard InChI is InChI=1S/C13H13N5S/c1-2-6-10-9(5-1)14-12(19-10)11-15-13(17-16-11)18-7-3-4-8-18/h1-2,5-6H,3-4,7-8H2,(H,15,16,17). The maximum absolute atomic E-state index is 4.59. The van der Waals surface area contributed by atoms with Gasteiger partial charge in [-0.25, -0.2) is 4.98 Å². The Hall–Kier alpha value is -1.95. The molecule has 6 heteroatoms. The minimum Gasteiger partial charge on any atom is -0.340 e. The molecule has 0 amide bonds. The fourth-order valence-electron chi connectivity index (χ4n) is 2.38. The number of benzene rings is 1. The molecule has 0 spiro atoms. The summed E-state index contributed by atoms with van der Waals surface area (Å²) in [5.74, 6) is 1.56. The van der Waals surface area contributed by atoms with Gasteiger partial charge in [-0.2, -0.15) is 4.98 Å². The Morgan fingerprint density at radius 2 is 1.95 bits per heavy atom. The number of H-pyrrole nitrogens is 1. The maximum atomic E-state index is 4.59. The lowest BCUT2D eigenvalue weighted by Gasteiger charge is -2.10. The summed E-state index contributed by atoms with van der Waals surface area (Å²) in [7, 11) is 0. The fraction of sp³-hybridized carbons (Fsp3) is 0.308. The molecular formula is C13H13N5S. The SMILES string of the molecule is c1ccc2sc(-c3nc(N4CCCC4)n[nH]3)nc2c1. The second-order valence-electron chi connectivity index (χ2n) is 4.66. The molecule has 19 heavy (non-hydrogen) atoms. The van der Waals surface area contributed by atoms with Gasteiger partial charge in [0.1, 0.15) is 0 Å². The Bertz CT molecular complexity index is 677. The van der Waals surface area contributed by atoms with Crippen molar-refractivity contribution in [2.24, 2.45) is 0 Å². The van der Waals surface area contributed by atoms with Crippen LogP contribution < -0.4 is 4.90 Å². The molecule has 3 heterocycles. The summed E-state index contributed by atoms with van der Waals surface area (Å²) in [6.45, 7) is 2.11. The predicted molar refractivity (Wildman–Crippen MR) is 76.4 cm³/mol. The molecule has 1 aliphatic rings. The van der Waals surface area contributed by atoms with Crippen LogP contribution in [0.2, 0.25) is 0 Å². The molecular weight excluding hydrogens is 258 g/mol. The third kappa shape index (κ3) is 1.88. The highest BCUT2D eigenvalue weighted by Crippen LogP contribution is 2.28. The van der Waals surface area contributed by atoms with Gasteiger partial charge in [0.25, 0.3) is 0 Å². The van der Waals surface area contributed by atoms with Gasteiger partial charge in [0.15, 0.2) is 10.8 Å². The smallest absolute Gasteiger partial charge is 0.245 e. The Morgan fingerprint density at radius 3 is 2.79 bits per heavy atom. The second kappa shape index (κ2) is 4.31. The first-order chi connectivity index (χ1) is 9.40. The molecule has 4 rings (SSSR count). The number of fused-ring (bicyclic) bond motifs is 1. The summed E-state index contributed by atoms with van der Waals surface area (Å²) < 4.78 is 1.18. The van der Waals surface area contributed by atoms with E-state index in [1.165, 1.54) is 17.5 Å². The van der Waals surface area contributed by atoms with Crippen molar-refractivity contribution in [3.8, 4) is 10.8 Å². The monoisotopic (exact) mass is 271 g/mol. The molecule has 1 aromatic carbocycles. The van der Waals surface area contributed by atoms with E-state index in [0.717, 1.165) is 35.4 Å². The van der Waals surface area contributed by atoms with Crippen LogP contribution in [0.15, 0.2) is 24.3 Å². The van der Waals surface area contributed by atoms with Crippen molar-refractivity contribution in [1.82, 2.24) is 20.2 Å². The van der Waals surface area contributed by atoms with Gasteiger partial charge < -0.3 is 4.90 Å². The first-order valence-electron chi connectivity index (χ1n) is 6.43. The van der Waals surface area contributed by atoms with Crippen molar-refractivity contribution in [3.63, 3.8) is 0 Å². The highest BCUT2D eigenvalue weighted by molar-refractivity contribution is 7.21. The predicted octanol–water partition coefficient (Wildman–Crippen LogP) is 2.68. The van der Waals surface area contributed by atoms with Gasteiger partial charge in [0, 0.05) is 13.1 Å². The molecule has 96 valence electrons. The van der Waals surface area contributed by atoms with Gasteiger partial charge in [-0.05, 0) is 25.0 Å². The van der Waals surface area contributed by atoms with Gasteiger partial charge >= 0.3 is 0 Å². The number of hydrogen-bond donors (Lipinski definition) is 1. The molecule has 0 unspecified atom stereocenters. The number of nitrogens with zero attached hydrogens (tertiary/aromatic N) is 4. The summed E-state index contributed by atoms with van der Waals surface area (Å²) in [6.07, 6.45) is 2.45. The largest absolute Gasteiger partial charge is 0.340 e. The summed E-state index contributed by atoms with van der Waals surface area (Å²) >= 11 is 1.64. The van der Waals surface area contributed by atoms with E-state index in [-0.39, 0.29) is 0 Å². The molecule has 1 aliphatic heterocycles. The zero-order valence-electron chi connectivity index (χ0n) is 10.3. The zero-order valence-corrected chi connectivity index (χ0v) is 11.2. The van der Waals surface area contributed by atoms with E-state index in [0.29, 0.717) is 0 Å². The zero-order chi connectivity index (χ0) is 12.7. The van der Waals surface area contributed by atoms with Crippen LogP contribution in [-0.2, 0) is 0 Å². The minimum absolute atomic E-state index is 0.767. The molecule has 0 aliphatic carbocycles. The van der Waals surface area contributed by atoms with Crippen molar-refractivity contribution in [1.29, 1.82) is 0 Å². The average molecular weight is 271 g/mol. The van der Waals surface area contributed by atoms with E-state index >= 15 is 0 Å². The number of nitrogens with one attached hydrogen (secondary N) is 1. The molecule has 0 atom stereocenters. The number of para-hydroxylation sites is 1. The van der Waals surface area contributed by atoms with Crippen LogP contribution in [0.5, 0.6) is 0 Å². The summed E-state index contributed by atoms with van der Waals surface area (Å²) in [5.41, 5.74) is 1.02. The van der Waals surface area contributed by atoms with Crippen LogP contribution in [0.1, 0.15) is 12.8 Å². The quantitative estimate of drug-likeness (QED) is 0.778. The van der Waals surface area contributed by atoms with Crippen molar-refractivity contribution in [2.45, 2.75) is 12.8 Å². The summed E-state index contributed by atoms with van der Waals surface area (Å²) in [4.78, 5) is 11.4. The number of hydrogen-bond acceptors (Lipinski definition) is 5. The molecule has 1 N–H and O–H groups in total. The molecule has 1 fully saturated rings. The second-order valence-corrected chi connectivity index (χ2v) is 5.70. The minimum atomic E-state index is 0.767. The number of anilines is 1. The summed E-state index contributed by atoms with van der Waals surface area (Å²) in [6, 6.07) is 8.13. The van der Waals surface area contributed by atoms with Crippen molar-refractivity contribution < 1.29 is 0 Å². The number of aromatic nitrogens is 4. The van der Waals surface area contributed by atoms with E-state index in [1.54, 1.807) is 11.3 Å². The Balaban J connectivity index is 1.71. The van der Waals surface area contributed by atoms with Crippen molar-refractivity contribution in [2.75, 3.05) is 18.0 Å². The molecule has 0 bridgehead atoms. The van der Waals surface area contributed by atoms with Gasteiger partial charge in [-0.3, -0.25) is 5.10 Å². The molecule has 0 radical (unpaired) electrons. The third-order valence-electron chi connectivity index (χ3n) is 3.36. The topological polar surface area (TPSA) is 57.7 Å². The van der Waals surface area contributed by atoms with E-state index in [9.17, 15) is 0 Å². The van der Waals surface area contributed by atoms with E-state index in [1.807, 2.05) is 18.2 Å². The van der Waals surface area contributed by atoms with E-state index in [4.69, 9.17) is 0 Å². The van der Waals surface area contributed by atoms with Gasteiger partial charge in [0.2, 0.25) is 5.95 Å². The van der Waals surface area contributed by atoms with Crippen LogP contribution in [0, 0.1) is 0 Å². The lowest BCUT2D eigenvalue weighted by Crippen LogP contribution is -2.18. The average Bonchev–Trinajstić information content (AvgIpc) is 3.17. The van der Waals surface area contributed by atoms with Gasteiger partial charge in [-0.1, -0.05) is 12.1 Å². The maximum Gasteiger partial charge on any atom is 0.245 e. The van der Waals surface area contributed by atoms with Crippen molar-refractivity contribution in [3.05, 3.63) is 24.3 Å². The lowest BCUT2D eigenvalue weighted by atomic mass is 10.3. The van der Waals surface area contributed by atoms with E-state index in [2.05, 4.69) is 31.1 Å². The van der Waals surface area contributed by atoms with Crippen LogP contribution in [0.25, 0.3) is 21.0 Å². The normalized spacial score (nSPS) is 15.5. The molecule has 1 saturated heterocycles. The molecule has 3 aromatic rings. The summed E-state index contributed by atoms with van der Waals surface area (Å²) in [5, 5.41) is 8.21. The van der Waals surface area contributed by atoms with Gasteiger partial charge in [-0.15, -0.1) is 16.4 Å². The van der Waals surface area contributed by atoms with Crippen LogP contribution >= 0.6 is 11.3 Å². The number of rotatable bonds is 2. The molecule has 2 aromatic heterocycles. The Morgan fingerprint density at radius 1 is 1.11 bits per heavy atom. The van der Waals surface area contributed by atoms with E-state index < -0.39 is 0 Å². The number of thiazole rings is 1. The lowest BCUT2D eigenvalue weighted by molar-refractivity contribution is 0.903.